The second-order valence-electron chi connectivity index (χ2n) is 2.68. The minimum Gasteiger partial charge on any atom is -0.385 e. The van der Waals surface area contributed by atoms with Crippen molar-refractivity contribution in [1.82, 2.24) is 0 Å². The Morgan fingerprint density at radius 3 is 2.27 bits per heavy atom. The van der Waals surface area contributed by atoms with Gasteiger partial charge >= 0.3 is 0 Å². The first-order chi connectivity index (χ1) is 5.31. The number of rotatable bonds is 7. The maximum Gasteiger partial charge on any atom is 0.0477 e. The van der Waals surface area contributed by atoms with Crippen LogP contribution in [0.1, 0.15) is 19.3 Å². The fourth-order valence-corrected chi connectivity index (χ4v) is 0.903. The SMILES string of the molecule is COCCCC(N)CCOC. The largest absolute Gasteiger partial charge is 0.385 e. The van der Waals surface area contributed by atoms with Crippen molar-refractivity contribution >= 4 is 0 Å². The molecule has 0 amide bonds. The molecule has 0 aliphatic carbocycles. The number of hydrogen-bond acceptors (Lipinski definition) is 3. The van der Waals surface area contributed by atoms with Crippen LogP contribution in [-0.2, 0) is 9.47 Å². The second-order valence-corrected chi connectivity index (χ2v) is 2.68. The molecule has 3 heteroatoms. The van der Waals surface area contributed by atoms with Crippen LogP contribution in [0.2, 0.25) is 0 Å². The molecule has 0 aromatic rings. The summed E-state index contributed by atoms with van der Waals surface area (Å²) in [5.74, 6) is 0. The fraction of sp³-hybridized carbons (Fsp3) is 1.00. The molecule has 0 bridgehead atoms. The molecule has 3 nitrogen and oxygen atoms in total. The van der Waals surface area contributed by atoms with Crippen molar-refractivity contribution in [2.24, 2.45) is 5.73 Å². The van der Waals surface area contributed by atoms with Crippen molar-refractivity contribution in [3.05, 3.63) is 0 Å². The van der Waals surface area contributed by atoms with E-state index in [4.69, 9.17) is 15.2 Å². The Hall–Kier alpha value is -0.120. The minimum absolute atomic E-state index is 0.269. The van der Waals surface area contributed by atoms with E-state index in [1.807, 2.05) is 0 Å². The van der Waals surface area contributed by atoms with Gasteiger partial charge < -0.3 is 15.2 Å². The Balaban J connectivity index is 3.02. The van der Waals surface area contributed by atoms with Gasteiger partial charge in [0.1, 0.15) is 0 Å². The van der Waals surface area contributed by atoms with E-state index in [0.29, 0.717) is 0 Å². The predicted octanol–water partition coefficient (Wildman–Crippen LogP) is 0.777. The van der Waals surface area contributed by atoms with Crippen LogP contribution in [0.15, 0.2) is 0 Å². The van der Waals surface area contributed by atoms with E-state index in [1.165, 1.54) is 0 Å². The van der Waals surface area contributed by atoms with Crippen molar-refractivity contribution in [1.29, 1.82) is 0 Å². The van der Waals surface area contributed by atoms with E-state index in [0.717, 1.165) is 32.5 Å². The van der Waals surface area contributed by atoms with Crippen LogP contribution in [0.25, 0.3) is 0 Å². The van der Waals surface area contributed by atoms with Gasteiger partial charge in [-0.1, -0.05) is 0 Å². The Labute approximate surface area is 68.9 Å². The molecule has 68 valence electrons. The highest BCUT2D eigenvalue weighted by Gasteiger charge is 2.00. The van der Waals surface area contributed by atoms with Crippen molar-refractivity contribution in [3.63, 3.8) is 0 Å². The molecule has 0 fully saturated rings. The summed E-state index contributed by atoms with van der Waals surface area (Å²) in [6.07, 6.45) is 3.01. The van der Waals surface area contributed by atoms with Gasteiger partial charge in [0.25, 0.3) is 0 Å². The lowest BCUT2D eigenvalue weighted by Gasteiger charge is -2.09. The molecule has 2 N–H and O–H groups in total. The van der Waals surface area contributed by atoms with Crippen LogP contribution >= 0.6 is 0 Å². The zero-order valence-corrected chi connectivity index (χ0v) is 7.51. The third-order valence-electron chi connectivity index (χ3n) is 1.62. The normalized spacial score (nSPS) is 13.4. The van der Waals surface area contributed by atoms with Gasteiger partial charge in [-0.25, -0.2) is 0 Å². The Morgan fingerprint density at radius 2 is 1.73 bits per heavy atom. The predicted molar refractivity (Wildman–Crippen MR) is 45.6 cm³/mol. The molecule has 0 aromatic heterocycles. The molecule has 0 rings (SSSR count). The lowest BCUT2D eigenvalue weighted by Crippen LogP contribution is -2.22. The van der Waals surface area contributed by atoms with E-state index >= 15 is 0 Å². The van der Waals surface area contributed by atoms with Gasteiger partial charge in [-0.15, -0.1) is 0 Å². The summed E-state index contributed by atoms with van der Waals surface area (Å²) in [5.41, 5.74) is 5.76. The molecule has 0 saturated carbocycles. The van der Waals surface area contributed by atoms with Gasteiger partial charge in [0.05, 0.1) is 0 Å². The third kappa shape index (κ3) is 7.78. The van der Waals surface area contributed by atoms with Crippen molar-refractivity contribution in [2.75, 3.05) is 27.4 Å². The van der Waals surface area contributed by atoms with E-state index in [2.05, 4.69) is 0 Å². The van der Waals surface area contributed by atoms with E-state index in [-0.39, 0.29) is 6.04 Å². The monoisotopic (exact) mass is 161 g/mol. The lowest BCUT2D eigenvalue weighted by atomic mass is 10.1. The standard InChI is InChI=1S/C8H19NO2/c1-10-6-3-4-8(9)5-7-11-2/h8H,3-7,9H2,1-2H3. The highest BCUT2D eigenvalue weighted by atomic mass is 16.5. The Morgan fingerprint density at radius 1 is 1.09 bits per heavy atom. The highest BCUT2D eigenvalue weighted by Crippen LogP contribution is 1.98. The average molecular weight is 161 g/mol. The molecule has 0 saturated heterocycles. The molecule has 1 atom stereocenters. The van der Waals surface area contributed by atoms with Crippen molar-refractivity contribution < 1.29 is 9.47 Å². The fourth-order valence-electron chi connectivity index (χ4n) is 0.903. The second kappa shape index (κ2) is 7.98. The number of methoxy groups -OCH3 is 2. The summed E-state index contributed by atoms with van der Waals surface area (Å²) in [7, 11) is 3.41. The van der Waals surface area contributed by atoms with E-state index < -0.39 is 0 Å². The van der Waals surface area contributed by atoms with E-state index in [9.17, 15) is 0 Å². The molecule has 11 heavy (non-hydrogen) atoms. The van der Waals surface area contributed by atoms with Gasteiger partial charge in [0.2, 0.25) is 0 Å². The van der Waals surface area contributed by atoms with Gasteiger partial charge in [0, 0.05) is 33.5 Å². The van der Waals surface area contributed by atoms with Gasteiger partial charge in [-0.05, 0) is 19.3 Å². The highest BCUT2D eigenvalue weighted by molar-refractivity contribution is 4.59. The molecular formula is C8H19NO2. The number of hydrogen-bond donors (Lipinski definition) is 1. The van der Waals surface area contributed by atoms with Gasteiger partial charge in [0.15, 0.2) is 0 Å². The van der Waals surface area contributed by atoms with Crippen LogP contribution in [-0.4, -0.2) is 33.5 Å². The summed E-state index contributed by atoms with van der Waals surface area (Å²) in [4.78, 5) is 0. The third-order valence-corrected chi connectivity index (χ3v) is 1.62. The summed E-state index contributed by atoms with van der Waals surface area (Å²) >= 11 is 0. The molecule has 0 aliphatic rings. The summed E-state index contributed by atoms with van der Waals surface area (Å²) < 4.78 is 9.82. The molecular weight excluding hydrogens is 142 g/mol. The van der Waals surface area contributed by atoms with Crippen LogP contribution in [0.4, 0.5) is 0 Å². The Bertz CT molecular complexity index is 78.5. The van der Waals surface area contributed by atoms with Crippen molar-refractivity contribution in [3.8, 4) is 0 Å². The van der Waals surface area contributed by atoms with Crippen LogP contribution in [0.3, 0.4) is 0 Å². The van der Waals surface area contributed by atoms with Gasteiger partial charge in [-0.2, -0.15) is 0 Å². The molecule has 0 aliphatic heterocycles. The molecule has 1 unspecified atom stereocenters. The lowest BCUT2D eigenvalue weighted by molar-refractivity contribution is 0.174. The first kappa shape index (κ1) is 10.9. The first-order valence-electron chi connectivity index (χ1n) is 4.04. The number of ether oxygens (including phenoxy) is 2. The first-order valence-corrected chi connectivity index (χ1v) is 4.04. The molecule has 0 spiro atoms. The van der Waals surface area contributed by atoms with Gasteiger partial charge in [-0.3, -0.25) is 0 Å². The summed E-state index contributed by atoms with van der Waals surface area (Å²) in [6, 6.07) is 0.269. The maximum atomic E-state index is 5.76. The zero-order chi connectivity index (χ0) is 8.53. The summed E-state index contributed by atoms with van der Waals surface area (Å²) in [5, 5.41) is 0. The van der Waals surface area contributed by atoms with Crippen molar-refractivity contribution in [2.45, 2.75) is 25.3 Å². The van der Waals surface area contributed by atoms with Crippen LogP contribution in [0, 0.1) is 0 Å². The minimum atomic E-state index is 0.269. The smallest absolute Gasteiger partial charge is 0.0477 e. The molecule has 0 aromatic carbocycles. The quantitative estimate of drug-likeness (QED) is 0.561. The number of nitrogens with two attached hydrogens (primary N) is 1. The van der Waals surface area contributed by atoms with Crippen LogP contribution < -0.4 is 5.73 Å². The van der Waals surface area contributed by atoms with Crippen LogP contribution in [0.5, 0.6) is 0 Å². The Kier molecular flexibility index (Phi) is 7.89. The summed E-state index contributed by atoms with van der Waals surface area (Å²) in [6.45, 7) is 1.56. The molecule has 0 radical (unpaired) electrons. The zero-order valence-electron chi connectivity index (χ0n) is 7.51. The molecule has 0 heterocycles. The topological polar surface area (TPSA) is 44.5 Å². The maximum absolute atomic E-state index is 5.76. The average Bonchev–Trinajstić information content (AvgIpc) is 2.01. The van der Waals surface area contributed by atoms with E-state index in [1.54, 1.807) is 14.2 Å².